The van der Waals surface area contributed by atoms with Gasteiger partial charge in [0.2, 0.25) is 0 Å². The van der Waals surface area contributed by atoms with E-state index in [0.717, 1.165) is 34.5 Å². The van der Waals surface area contributed by atoms with Crippen molar-refractivity contribution in [2.45, 2.75) is 46.2 Å². The van der Waals surface area contributed by atoms with Gasteiger partial charge in [-0.1, -0.05) is 22.9 Å². The van der Waals surface area contributed by atoms with Crippen molar-refractivity contribution in [3.05, 3.63) is 22.2 Å². The van der Waals surface area contributed by atoms with Crippen molar-refractivity contribution in [1.29, 1.82) is 0 Å². The molecule has 0 bridgehead atoms. The lowest BCUT2D eigenvalue weighted by atomic mass is 10.1. The summed E-state index contributed by atoms with van der Waals surface area (Å²) in [7, 11) is 1.67. The minimum atomic E-state index is 0.0874. The molecule has 0 aromatic heterocycles. The number of ether oxygens (including phenoxy) is 2. The van der Waals surface area contributed by atoms with Crippen LogP contribution >= 0.6 is 15.9 Å². The van der Waals surface area contributed by atoms with Gasteiger partial charge in [-0.25, -0.2) is 0 Å². The molecule has 3 nitrogen and oxygen atoms in total. The van der Waals surface area contributed by atoms with Crippen molar-refractivity contribution in [3.8, 4) is 11.5 Å². The molecule has 0 saturated heterocycles. The first-order valence-corrected chi connectivity index (χ1v) is 7.41. The molecule has 0 amide bonds. The Morgan fingerprint density at radius 1 is 1.21 bits per heavy atom. The summed E-state index contributed by atoms with van der Waals surface area (Å²) >= 11 is 3.59. The summed E-state index contributed by atoms with van der Waals surface area (Å²) < 4.78 is 12.1. The highest BCUT2D eigenvalue weighted by Crippen LogP contribution is 2.33. The largest absolute Gasteiger partial charge is 0.493 e. The highest BCUT2D eigenvalue weighted by molar-refractivity contribution is 9.10. The van der Waals surface area contributed by atoms with Crippen LogP contribution in [0.2, 0.25) is 0 Å². The summed E-state index contributed by atoms with van der Waals surface area (Å²) in [5.74, 6) is 1.57. The minimum absolute atomic E-state index is 0.0874. The van der Waals surface area contributed by atoms with Crippen LogP contribution < -0.4 is 14.8 Å². The molecule has 4 heteroatoms. The average Bonchev–Trinajstić information content (AvgIpc) is 2.33. The lowest BCUT2D eigenvalue weighted by Gasteiger charge is -2.21. The molecular weight excluding hydrogens is 306 g/mol. The van der Waals surface area contributed by atoms with E-state index in [4.69, 9.17) is 9.47 Å². The second-order valence-corrected chi connectivity index (χ2v) is 6.40. The maximum Gasteiger partial charge on any atom is 0.162 e. The molecule has 0 saturated carbocycles. The first-order chi connectivity index (χ1) is 8.87. The number of rotatable bonds is 6. The Kier molecular flexibility index (Phi) is 6.14. The zero-order valence-electron chi connectivity index (χ0n) is 12.5. The fourth-order valence-corrected chi connectivity index (χ4v) is 2.02. The SMILES string of the molecule is CCCOc1cc(Br)c(CNC(C)(C)C)cc1OC. The van der Waals surface area contributed by atoms with Crippen molar-refractivity contribution in [2.24, 2.45) is 0 Å². The summed E-state index contributed by atoms with van der Waals surface area (Å²) in [6, 6.07) is 4.00. The van der Waals surface area contributed by atoms with E-state index in [-0.39, 0.29) is 5.54 Å². The van der Waals surface area contributed by atoms with Crippen molar-refractivity contribution in [3.63, 3.8) is 0 Å². The second kappa shape index (κ2) is 7.15. The van der Waals surface area contributed by atoms with Crippen LogP contribution in [-0.2, 0) is 6.54 Å². The number of methoxy groups -OCH3 is 1. The predicted molar refractivity (Wildman–Crippen MR) is 83.1 cm³/mol. The fourth-order valence-electron chi connectivity index (χ4n) is 1.56. The number of hydrogen-bond donors (Lipinski definition) is 1. The Hall–Kier alpha value is -0.740. The van der Waals surface area contributed by atoms with Crippen LogP contribution in [0.4, 0.5) is 0 Å². The van der Waals surface area contributed by atoms with E-state index in [9.17, 15) is 0 Å². The molecule has 0 aliphatic heterocycles. The molecule has 108 valence electrons. The van der Waals surface area contributed by atoms with Crippen molar-refractivity contribution >= 4 is 15.9 Å². The Morgan fingerprint density at radius 2 is 1.89 bits per heavy atom. The van der Waals surface area contributed by atoms with Gasteiger partial charge in [-0.2, -0.15) is 0 Å². The summed E-state index contributed by atoms with van der Waals surface area (Å²) in [5.41, 5.74) is 1.25. The molecule has 0 heterocycles. The summed E-state index contributed by atoms with van der Waals surface area (Å²) in [6.45, 7) is 10.0. The lowest BCUT2D eigenvalue weighted by molar-refractivity contribution is 0.293. The smallest absolute Gasteiger partial charge is 0.162 e. The predicted octanol–water partition coefficient (Wildman–Crippen LogP) is 4.13. The highest BCUT2D eigenvalue weighted by Gasteiger charge is 2.13. The lowest BCUT2D eigenvalue weighted by Crippen LogP contribution is -2.35. The third-order valence-corrected chi connectivity index (χ3v) is 3.34. The van der Waals surface area contributed by atoms with Crippen molar-refractivity contribution in [1.82, 2.24) is 5.32 Å². The van der Waals surface area contributed by atoms with Gasteiger partial charge < -0.3 is 14.8 Å². The number of halogens is 1. The molecule has 0 aliphatic rings. The first kappa shape index (κ1) is 16.3. The number of nitrogens with one attached hydrogen (secondary N) is 1. The van der Waals surface area contributed by atoms with Gasteiger partial charge in [-0.3, -0.25) is 0 Å². The molecule has 1 aromatic carbocycles. The molecule has 0 aliphatic carbocycles. The van der Waals surface area contributed by atoms with Gasteiger partial charge >= 0.3 is 0 Å². The topological polar surface area (TPSA) is 30.5 Å². The summed E-state index contributed by atoms with van der Waals surface area (Å²) in [4.78, 5) is 0. The molecule has 0 spiro atoms. The highest BCUT2D eigenvalue weighted by atomic mass is 79.9. The Morgan fingerprint density at radius 3 is 2.42 bits per heavy atom. The zero-order chi connectivity index (χ0) is 14.5. The van der Waals surface area contributed by atoms with E-state index in [0.29, 0.717) is 6.61 Å². The maximum atomic E-state index is 5.68. The van der Waals surface area contributed by atoms with Crippen molar-refractivity contribution < 1.29 is 9.47 Å². The van der Waals surface area contributed by atoms with E-state index < -0.39 is 0 Å². The van der Waals surface area contributed by atoms with Gasteiger partial charge in [0.15, 0.2) is 11.5 Å². The van der Waals surface area contributed by atoms with Gasteiger partial charge in [0, 0.05) is 16.6 Å². The quantitative estimate of drug-likeness (QED) is 0.850. The average molecular weight is 330 g/mol. The van der Waals surface area contributed by atoms with Crippen LogP contribution in [0.5, 0.6) is 11.5 Å². The van der Waals surface area contributed by atoms with Gasteiger partial charge in [-0.05, 0) is 44.9 Å². The molecule has 0 unspecified atom stereocenters. The number of benzene rings is 1. The van der Waals surface area contributed by atoms with Crippen LogP contribution in [-0.4, -0.2) is 19.3 Å². The molecule has 0 fully saturated rings. The molecule has 1 N–H and O–H groups in total. The third-order valence-electron chi connectivity index (χ3n) is 2.60. The van der Waals surface area contributed by atoms with E-state index >= 15 is 0 Å². The maximum absolute atomic E-state index is 5.68. The van der Waals surface area contributed by atoms with E-state index in [1.807, 2.05) is 12.1 Å². The standard InChI is InChI=1S/C15H24BrNO2/c1-6-7-19-14-9-12(16)11(8-13(14)18-5)10-17-15(2,3)4/h8-9,17H,6-7,10H2,1-5H3. The van der Waals surface area contributed by atoms with Crippen LogP contribution in [0.25, 0.3) is 0 Å². The molecular formula is C15H24BrNO2. The van der Waals surface area contributed by atoms with Crippen LogP contribution in [0, 0.1) is 0 Å². The Bertz CT molecular complexity index is 413. The van der Waals surface area contributed by atoms with Gasteiger partial charge in [-0.15, -0.1) is 0 Å². The fraction of sp³-hybridized carbons (Fsp3) is 0.600. The van der Waals surface area contributed by atoms with Crippen LogP contribution in [0.1, 0.15) is 39.7 Å². The van der Waals surface area contributed by atoms with E-state index in [1.54, 1.807) is 7.11 Å². The molecule has 0 radical (unpaired) electrons. The first-order valence-electron chi connectivity index (χ1n) is 6.61. The van der Waals surface area contributed by atoms with Gasteiger partial charge in [0.1, 0.15) is 0 Å². The van der Waals surface area contributed by atoms with E-state index in [2.05, 4.69) is 48.9 Å². The van der Waals surface area contributed by atoms with Crippen molar-refractivity contribution in [2.75, 3.05) is 13.7 Å². The van der Waals surface area contributed by atoms with Crippen LogP contribution in [0.15, 0.2) is 16.6 Å². The monoisotopic (exact) mass is 329 g/mol. The van der Waals surface area contributed by atoms with E-state index in [1.165, 1.54) is 0 Å². The van der Waals surface area contributed by atoms with Crippen LogP contribution in [0.3, 0.4) is 0 Å². The molecule has 19 heavy (non-hydrogen) atoms. The Labute approximate surface area is 124 Å². The normalized spacial score (nSPS) is 11.5. The minimum Gasteiger partial charge on any atom is -0.493 e. The van der Waals surface area contributed by atoms with Gasteiger partial charge in [0.25, 0.3) is 0 Å². The summed E-state index contributed by atoms with van der Waals surface area (Å²) in [5, 5.41) is 3.47. The molecule has 1 rings (SSSR count). The zero-order valence-corrected chi connectivity index (χ0v) is 14.1. The van der Waals surface area contributed by atoms with Gasteiger partial charge in [0.05, 0.1) is 13.7 Å². The second-order valence-electron chi connectivity index (χ2n) is 5.55. The summed E-state index contributed by atoms with van der Waals surface area (Å²) in [6.07, 6.45) is 0.980. The molecule has 0 atom stereocenters. The number of hydrogen-bond acceptors (Lipinski definition) is 3. The Balaban J connectivity index is 2.89. The third kappa shape index (κ3) is 5.41. The molecule has 1 aromatic rings.